The molecule has 2 aromatic rings. The highest BCUT2D eigenvalue weighted by atomic mass is 16.5. The molecule has 0 radical (unpaired) electrons. The van der Waals surface area contributed by atoms with Crippen LogP contribution in [0.3, 0.4) is 0 Å². The predicted octanol–water partition coefficient (Wildman–Crippen LogP) is 1.27. The number of ether oxygens (including phenoxy) is 1. The number of primary amides is 2. The Kier molecular flexibility index (Phi) is 4.73. The molecule has 2 amide bonds. The van der Waals surface area contributed by atoms with E-state index in [1.165, 1.54) is 6.20 Å². The van der Waals surface area contributed by atoms with Gasteiger partial charge in [-0.15, -0.1) is 0 Å². The molecule has 4 N–H and O–H groups in total. The van der Waals surface area contributed by atoms with Crippen LogP contribution >= 0.6 is 0 Å². The molecule has 22 heavy (non-hydrogen) atoms. The minimum Gasteiger partial charge on any atom is -0.496 e. The van der Waals surface area contributed by atoms with Crippen LogP contribution in [-0.2, 0) is 11.2 Å². The highest BCUT2D eigenvalue weighted by molar-refractivity contribution is 6.00. The van der Waals surface area contributed by atoms with Crippen molar-refractivity contribution in [3.8, 4) is 16.9 Å². The normalized spacial score (nSPS) is 10.2. The third-order valence-electron chi connectivity index (χ3n) is 3.25. The van der Waals surface area contributed by atoms with Crippen LogP contribution in [0.15, 0.2) is 36.5 Å². The van der Waals surface area contributed by atoms with Gasteiger partial charge >= 0.3 is 0 Å². The van der Waals surface area contributed by atoms with Crippen LogP contribution in [0.2, 0.25) is 0 Å². The molecule has 0 aliphatic carbocycles. The van der Waals surface area contributed by atoms with Crippen LogP contribution in [0.1, 0.15) is 22.5 Å². The van der Waals surface area contributed by atoms with Crippen molar-refractivity contribution in [3.63, 3.8) is 0 Å². The van der Waals surface area contributed by atoms with E-state index in [1.54, 1.807) is 19.2 Å². The van der Waals surface area contributed by atoms with Crippen molar-refractivity contribution in [2.24, 2.45) is 11.5 Å². The lowest BCUT2D eigenvalue weighted by Gasteiger charge is -2.12. The zero-order chi connectivity index (χ0) is 16.1. The number of nitrogens with zero attached hydrogens (tertiary/aromatic N) is 1. The summed E-state index contributed by atoms with van der Waals surface area (Å²) in [6, 6.07) is 9.04. The first kappa shape index (κ1) is 15.5. The molecular formula is C16H17N3O3. The molecule has 114 valence electrons. The number of nitrogens with two attached hydrogens (primary N) is 2. The maximum Gasteiger partial charge on any atom is 0.250 e. The quantitative estimate of drug-likeness (QED) is 0.837. The molecule has 0 fully saturated rings. The number of benzene rings is 1. The standard InChI is InChI=1S/C16H17N3O3/c1-22-14-5-3-2-4-11(14)12-8-10(6-7-15(17)20)19-9-13(12)16(18)21/h2-5,8-9H,6-7H2,1H3,(H2,17,20)(H2,18,21). The Bertz CT molecular complexity index is 714. The van der Waals surface area contributed by atoms with Crippen LogP contribution < -0.4 is 16.2 Å². The highest BCUT2D eigenvalue weighted by Crippen LogP contribution is 2.32. The number of hydrogen-bond donors (Lipinski definition) is 2. The van der Waals surface area contributed by atoms with E-state index >= 15 is 0 Å². The molecule has 6 nitrogen and oxygen atoms in total. The number of aromatic nitrogens is 1. The van der Waals surface area contributed by atoms with Gasteiger partial charge in [0.1, 0.15) is 5.75 Å². The summed E-state index contributed by atoms with van der Waals surface area (Å²) in [5.74, 6) is -0.355. The zero-order valence-corrected chi connectivity index (χ0v) is 12.2. The number of para-hydroxylation sites is 1. The molecule has 0 atom stereocenters. The van der Waals surface area contributed by atoms with Gasteiger partial charge in [-0.1, -0.05) is 18.2 Å². The van der Waals surface area contributed by atoms with Gasteiger partial charge in [0.05, 0.1) is 12.7 Å². The molecule has 0 unspecified atom stereocenters. The first-order valence-electron chi connectivity index (χ1n) is 6.73. The van der Waals surface area contributed by atoms with E-state index in [2.05, 4.69) is 4.98 Å². The van der Waals surface area contributed by atoms with Crippen LogP contribution in [0.4, 0.5) is 0 Å². The number of amides is 2. The largest absolute Gasteiger partial charge is 0.496 e. The Balaban J connectivity index is 2.52. The maximum absolute atomic E-state index is 11.6. The number of pyridine rings is 1. The fourth-order valence-electron chi connectivity index (χ4n) is 2.17. The third kappa shape index (κ3) is 3.41. The van der Waals surface area contributed by atoms with Gasteiger partial charge in [0.25, 0.3) is 5.91 Å². The zero-order valence-electron chi connectivity index (χ0n) is 12.2. The van der Waals surface area contributed by atoms with Crippen molar-refractivity contribution >= 4 is 11.8 Å². The minimum atomic E-state index is -0.574. The molecule has 0 saturated heterocycles. The van der Waals surface area contributed by atoms with E-state index in [1.807, 2.05) is 18.2 Å². The highest BCUT2D eigenvalue weighted by Gasteiger charge is 2.15. The molecule has 1 aromatic carbocycles. The Morgan fingerprint density at radius 1 is 1.18 bits per heavy atom. The second-order valence-electron chi connectivity index (χ2n) is 4.75. The number of hydrogen-bond acceptors (Lipinski definition) is 4. The summed E-state index contributed by atoms with van der Waals surface area (Å²) in [6.45, 7) is 0. The van der Waals surface area contributed by atoms with Gasteiger partial charge in [-0.2, -0.15) is 0 Å². The Hall–Kier alpha value is -2.89. The first-order chi connectivity index (χ1) is 10.5. The van der Waals surface area contributed by atoms with E-state index < -0.39 is 11.8 Å². The van der Waals surface area contributed by atoms with Gasteiger partial charge in [0.2, 0.25) is 5.91 Å². The van der Waals surface area contributed by atoms with Crippen LogP contribution in [-0.4, -0.2) is 23.9 Å². The molecule has 0 bridgehead atoms. The average Bonchev–Trinajstić information content (AvgIpc) is 2.52. The molecule has 6 heteroatoms. The van der Waals surface area contributed by atoms with Gasteiger partial charge in [-0.25, -0.2) is 0 Å². The predicted molar refractivity (Wildman–Crippen MR) is 82.3 cm³/mol. The van der Waals surface area contributed by atoms with Gasteiger partial charge < -0.3 is 16.2 Å². The number of aryl methyl sites for hydroxylation is 1. The fourth-order valence-corrected chi connectivity index (χ4v) is 2.17. The lowest BCUT2D eigenvalue weighted by atomic mass is 9.98. The van der Waals surface area contributed by atoms with Gasteiger partial charge in [-0.3, -0.25) is 14.6 Å². The molecule has 0 spiro atoms. The number of methoxy groups -OCH3 is 1. The summed E-state index contributed by atoms with van der Waals surface area (Å²) >= 11 is 0. The van der Waals surface area contributed by atoms with Crippen LogP contribution in [0.25, 0.3) is 11.1 Å². The lowest BCUT2D eigenvalue weighted by Crippen LogP contribution is -2.15. The summed E-state index contributed by atoms with van der Waals surface area (Å²) in [7, 11) is 1.55. The van der Waals surface area contributed by atoms with E-state index in [4.69, 9.17) is 16.2 Å². The van der Waals surface area contributed by atoms with Crippen LogP contribution in [0.5, 0.6) is 5.75 Å². The average molecular weight is 299 g/mol. The van der Waals surface area contributed by atoms with Crippen molar-refractivity contribution in [2.45, 2.75) is 12.8 Å². The Morgan fingerprint density at radius 3 is 2.55 bits per heavy atom. The SMILES string of the molecule is COc1ccccc1-c1cc(CCC(N)=O)ncc1C(N)=O. The lowest BCUT2D eigenvalue weighted by molar-refractivity contribution is -0.118. The van der Waals surface area contributed by atoms with Gasteiger partial charge in [-0.05, 0) is 18.6 Å². The second-order valence-corrected chi connectivity index (χ2v) is 4.75. The minimum absolute atomic E-state index is 0.189. The summed E-state index contributed by atoms with van der Waals surface area (Å²) in [5, 5.41) is 0. The monoisotopic (exact) mass is 299 g/mol. The van der Waals surface area contributed by atoms with Crippen LogP contribution in [0, 0.1) is 0 Å². The molecule has 0 saturated carbocycles. The molecule has 0 aliphatic rings. The van der Waals surface area contributed by atoms with E-state index in [0.29, 0.717) is 29.0 Å². The smallest absolute Gasteiger partial charge is 0.250 e. The van der Waals surface area contributed by atoms with Gasteiger partial charge in [0, 0.05) is 29.4 Å². The second kappa shape index (κ2) is 6.71. The number of rotatable bonds is 6. The number of carbonyl (C=O) groups excluding carboxylic acids is 2. The fraction of sp³-hybridized carbons (Fsp3) is 0.188. The summed E-state index contributed by atoms with van der Waals surface area (Å²) in [5.41, 5.74) is 12.9. The van der Waals surface area contributed by atoms with Crippen molar-refractivity contribution < 1.29 is 14.3 Å². The molecule has 1 heterocycles. The van der Waals surface area contributed by atoms with Crippen molar-refractivity contribution in [3.05, 3.63) is 47.8 Å². The molecule has 0 aliphatic heterocycles. The third-order valence-corrected chi connectivity index (χ3v) is 3.25. The first-order valence-corrected chi connectivity index (χ1v) is 6.73. The number of carbonyl (C=O) groups is 2. The van der Waals surface area contributed by atoms with Crippen molar-refractivity contribution in [1.29, 1.82) is 0 Å². The van der Waals surface area contributed by atoms with E-state index in [9.17, 15) is 9.59 Å². The maximum atomic E-state index is 11.6. The van der Waals surface area contributed by atoms with E-state index in [-0.39, 0.29) is 6.42 Å². The molecule has 1 aromatic heterocycles. The van der Waals surface area contributed by atoms with E-state index in [0.717, 1.165) is 5.56 Å². The molecule has 2 rings (SSSR count). The van der Waals surface area contributed by atoms with Gasteiger partial charge in [0.15, 0.2) is 0 Å². The van der Waals surface area contributed by atoms with Crippen molar-refractivity contribution in [1.82, 2.24) is 4.98 Å². The summed E-state index contributed by atoms with van der Waals surface area (Å²) in [6.07, 6.45) is 2.01. The summed E-state index contributed by atoms with van der Waals surface area (Å²) in [4.78, 5) is 26.7. The topological polar surface area (TPSA) is 108 Å². The summed E-state index contributed by atoms with van der Waals surface area (Å²) < 4.78 is 5.33. The van der Waals surface area contributed by atoms with Crippen molar-refractivity contribution in [2.75, 3.05) is 7.11 Å². The molecular weight excluding hydrogens is 282 g/mol. The Labute approximate surface area is 128 Å². The Morgan fingerprint density at radius 2 is 1.91 bits per heavy atom.